The predicted molar refractivity (Wildman–Crippen MR) is 81.8 cm³/mol. The van der Waals surface area contributed by atoms with Gasteiger partial charge in [0.05, 0.1) is 0 Å². The van der Waals surface area contributed by atoms with Crippen molar-refractivity contribution in [1.29, 1.82) is 0 Å². The van der Waals surface area contributed by atoms with E-state index in [1.54, 1.807) is 0 Å². The zero-order valence-corrected chi connectivity index (χ0v) is 12.9. The van der Waals surface area contributed by atoms with Crippen LogP contribution in [0.3, 0.4) is 0 Å². The third-order valence-corrected chi connectivity index (χ3v) is 3.66. The number of piperazine rings is 1. The van der Waals surface area contributed by atoms with E-state index in [4.69, 9.17) is 0 Å². The normalized spacial score (nSPS) is 16.1. The van der Waals surface area contributed by atoms with Gasteiger partial charge in [0, 0.05) is 45.7 Å². The van der Waals surface area contributed by atoms with Crippen molar-refractivity contribution in [2.24, 2.45) is 0 Å². The summed E-state index contributed by atoms with van der Waals surface area (Å²) in [6.45, 7) is 6.12. The van der Waals surface area contributed by atoms with Gasteiger partial charge in [-0.3, -0.25) is 9.69 Å². The smallest absolute Gasteiger partial charge is 0.220 e. The maximum Gasteiger partial charge on any atom is 0.220 e. The Morgan fingerprint density at radius 1 is 1.33 bits per heavy atom. The van der Waals surface area contributed by atoms with Gasteiger partial charge in [-0.2, -0.15) is 11.8 Å². The van der Waals surface area contributed by atoms with Crippen molar-refractivity contribution in [2.45, 2.75) is 19.3 Å². The van der Waals surface area contributed by atoms with Crippen molar-refractivity contribution in [1.82, 2.24) is 15.5 Å². The van der Waals surface area contributed by atoms with Crippen LogP contribution in [0.4, 0.5) is 0 Å². The van der Waals surface area contributed by atoms with Gasteiger partial charge in [0.25, 0.3) is 0 Å². The van der Waals surface area contributed by atoms with Crippen LogP contribution < -0.4 is 10.6 Å². The van der Waals surface area contributed by atoms with Crippen molar-refractivity contribution in [3.63, 3.8) is 0 Å². The fourth-order valence-corrected chi connectivity index (χ4v) is 2.40. The molecule has 0 aromatic carbocycles. The van der Waals surface area contributed by atoms with Gasteiger partial charge in [0.2, 0.25) is 5.91 Å². The van der Waals surface area contributed by atoms with Crippen molar-refractivity contribution in [2.75, 3.05) is 51.3 Å². The van der Waals surface area contributed by atoms with Gasteiger partial charge in [-0.1, -0.05) is 0 Å². The number of rotatable bonds is 8. The summed E-state index contributed by atoms with van der Waals surface area (Å²) >= 11 is 1.85. The molecule has 0 radical (unpaired) electrons. The number of amides is 1. The maximum atomic E-state index is 11.5. The molecule has 6 heteroatoms. The quantitative estimate of drug-likeness (QED) is 0.655. The van der Waals surface area contributed by atoms with Crippen LogP contribution in [0.25, 0.3) is 0 Å². The van der Waals surface area contributed by atoms with Crippen LogP contribution in [0.1, 0.15) is 19.3 Å². The molecule has 18 heavy (non-hydrogen) atoms. The van der Waals surface area contributed by atoms with E-state index in [0.717, 1.165) is 57.9 Å². The lowest BCUT2D eigenvalue weighted by Gasteiger charge is -2.27. The summed E-state index contributed by atoms with van der Waals surface area (Å²) in [5, 5.41) is 6.32. The number of unbranched alkanes of at least 4 members (excludes halogenated alkanes) is 1. The lowest BCUT2D eigenvalue weighted by atomic mass is 10.2. The molecule has 0 aromatic rings. The molecular weight excluding hydrogens is 270 g/mol. The minimum absolute atomic E-state index is 0. The van der Waals surface area contributed by atoms with Gasteiger partial charge in [0.15, 0.2) is 0 Å². The molecule has 0 bridgehead atoms. The van der Waals surface area contributed by atoms with Crippen molar-refractivity contribution >= 4 is 30.1 Å². The second-order valence-electron chi connectivity index (χ2n) is 4.39. The zero-order valence-electron chi connectivity index (χ0n) is 11.2. The molecule has 0 aromatic heterocycles. The molecule has 0 saturated carbocycles. The van der Waals surface area contributed by atoms with E-state index < -0.39 is 0 Å². The number of hydrogen-bond donors (Lipinski definition) is 2. The van der Waals surface area contributed by atoms with Crippen LogP contribution in [0.2, 0.25) is 0 Å². The summed E-state index contributed by atoms with van der Waals surface area (Å²) < 4.78 is 0. The SMILES string of the molecule is CSCCCCC(=O)NCCN1CCNCC1.Cl. The van der Waals surface area contributed by atoms with Gasteiger partial charge >= 0.3 is 0 Å². The van der Waals surface area contributed by atoms with Gasteiger partial charge in [-0.05, 0) is 24.9 Å². The van der Waals surface area contributed by atoms with Crippen LogP contribution in [0.5, 0.6) is 0 Å². The van der Waals surface area contributed by atoms with Crippen LogP contribution in [-0.4, -0.2) is 62.1 Å². The Kier molecular flexibility index (Phi) is 12.1. The number of carbonyl (C=O) groups excluding carboxylic acids is 1. The third kappa shape index (κ3) is 9.03. The Labute approximate surface area is 121 Å². The van der Waals surface area contributed by atoms with Gasteiger partial charge in [0.1, 0.15) is 0 Å². The summed E-state index contributed by atoms with van der Waals surface area (Å²) in [5.41, 5.74) is 0. The van der Waals surface area contributed by atoms with E-state index in [1.807, 2.05) is 11.8 Å². The minimum atomic E-state index is 0. The first-order valence-corrected chi connectivity index (χ1v) is 7.91. The van der Waals surface area contributed by atoms with Crippen LogP contribution in [0, 0.1) is 0 Å². The summed E-state index contributed by atoms with van der Waals surface area (Å²) in [6, 6.07) is 0. The zero-order chi connectivity index (χ0) is 12.3. The standard InChI is InChI=1S/C12H25N3OS.ClH/c1-17-11-3-2-4-12(16)14-7-10-15-8-5-13-6-9-15;/h13H,2-11H2,1H3,(H,14,16);1H. The Bertz CT molecular complexity index is 213. The largest absolute Gasteiger partial charge is 0.355 e. The average Bonchev–Trinajstić information content (AvgIpc) is 2.36. The summed E-state index contributed by atoms with van der Waals surface area (Å²) in [7, 11) is 0. The molecule has 1 heterocycles. The molecule has 1 rings (SSSR count). The Morgan fingerprint density at radius 3 is 2.72 bits per heavy atom. The van der Waals surface area contributed by atoms with E-state index in [-0.39, 0.29) is 18.3 Å². The van der Waals surface area contributed by atoms with Crippen LogP contribution >= 0.6 is 24.2 Å². The highest BCUT2D eigenvalue weighted by Crippen LogP contribution is 2.01. The van der Waals surface area contributed by atoms with E-state index >= 15 is 0 Å². The molecule has 1 aliphatic heterocycles. The van der Waals surface area contributed by atoms with Crippen molar-refractivity contribution in [3.8, 4) is 0 Å². The lowest BCUT2D eigenvalue weighted by Crippen LogP contribution is -2.46. The molecule has 108 valence electrons. The first-order valence-electron chi connectivity index (χ1n) is 6.51. The number of carbonyl (C=O) groups is 1. The average molecular weight is 296 g/mol. The highest BCUT2D eigenvalue weighted by atomic mass is 35.5. The Morgan fingerprint density at radius 2 is 2.06 bits per heavy atom. The fraction of sp³-hybridized carbons (Fsp3) is 0.917. The fourth-order valence-electron chi connectivity index (χ4n) is 1.91. The van der Waals surface area contributed by atoms with E-state index in [9.17, 15) is 4.79 Å². The van der Waals surface area contributed by atoms with E-state index in [2.05, 4.69) is 21.8 Å². The topological polar surface area (TPSA) is 44.4 Å². The van der Waals surface area contributed by atoms with Crippen molar-refractivity contribution < 1.29 is 4.79 Å². The molecule has 2 N–H and O–H groups in total. The molecule has 1 saturated heterocycles. The monoisotopic (exact) mass is 295 g/mol. The number of nitrogens with one attached hydrogen (secondary N) is 2. The highest BCUT2D eigenvalue weighted by molar-refractivity contribution is 7.98. The molecule has 1 fully saturated rings. The van der Waals surface area contributed by atoms with Gasteiger partial charge in [-0.15, -0.1) is 12.4 Å². The van der Waals surface area contributed by atoms with Gasteiger partial charge < -0.3 is 10.6 Å². The van der Waals surface area contributed by atoms with E-state index in [0.29, 0.717) is 6.42 Å². The summed E-state index contributed by atoms with van der Waals surface area (Å²) in [5.74, 6) is 1.37. The second-order valence-corrected chi connectivity index (χ2v) is 5.38. The second kappa shape index (κ2) is 12.1. The first-order chi connectivity index (χ1) is 8.33. The van der Waals surface area contributed by atoms with Crippen LogP contribution in [0.15, 0.2) is 0 Å². The molecule has 0 aliphatic carbocycles. The Balaban J connectivity index is 0.00000289. The lowest BCUT2D eigenvalue weighted by molar-refractivity contribution is -0.121. The molecule has 0 unspecified atom stereocenters. The molecule has 1 aliphatic rings. The third-order valence-electron chi connectivity index (χ3n) is 2.96. The molecule has 1 amide bonds. The molecule has 4 nitrogen and oxygen atoms in total. The molecule has 0 spiro atoms. The Hall–Kier alpha value is 0.0300. The molecule has 0 atom stereocenters. The maximum absolute atomic E-state index is 11.5. The highest BCUT2D eigenvalue weighted by Gasteiger charge is 2.09. The minimum Gasteiger partial charge on any atom is -0.355 e. The number of halogens is 1. The van der Waals surface area contributed by atoms with Gasteiger partial charge in [-0.25, -0.2) is 0 Å². The number of hydrogen-bond acceptors (Lipinski definition) is 4. The number of thioether (sulfide) groups is 1. The summed E-state index contributed by atoms with van der Waals surface area (Å²) in [6.07, 6.45) is 4.95. The van der Waals surface area contributed by atoms with E-state index in [1.165, 1.54) is 0 Å². The van der Waals surface area contributed by atoms with Crippen LogP contribution in [-0.2, 0) is 4.79 Å². The molecular formula is C12H26ClN3OS. The summed E-state index contributed by atoms with van der Waals surface area (Å²) in [4.78, 5) is 13.9. The number of nitrogens with zero attached hydrogens (tertiary/aromatic N) is 1. The first kappa shape index (κ1) is 18.0. The van der Waals surface area contributed by atoms with Crippen molar-refractivity contribution in [3.05, 3.63) is 0 Å². The predicted octanol–water partition coefficient (Wildman–Crippen LogP) is 0.963.